The molecule has 1 aromatic heterocycles. The van der Waals surface area contributed by atoms with E-state index < -0.39 is 0 Å². The molecule has 1 aliphatic carbocycles. The summed E-state index contributed by atoms with van der Waals surface area (Å²) < 4.78 is 2.41. The summed E-state index contributed by atoms with van der Waals surface area (Å²) >= 11 is 3.75. The maximum absolute atomic E-state index is 5.82. The van der Waals surface area contributed by atoms with Gasteiger partial charge in [-0.25, -0.2) is 4.98 Å². The lowest BCUT2D eigenvalue weighted by Gasteiger charge is -2.31. The van der Waals surface area contributed by atoms with Crippen molar-refractivity contribution >= 4 is 39.0 Å². The zero-order valence-electron chi connectivity index (χ0n) is 11.4. The number of rotatable bonds is 2. The van der Waals surface area contributed by atoms with Crippen LogP contribution in [0.15, 0.2) is 22.5 Å². The molecule has 0 bridgehead atoms. The molecule has 3 atom stereocenters. The minimum Gasteiger partial charge on any atom is -0.399 e. The molecule has 2 nitrogen and oxygen atoms in total. The van der Waals surface area contributed by atoms with E-state index in [-0.39, 0.29) is 0 Å². The quantitative estimate of drug-likeness (QED) is 0.808. The van der Waals surface area contributed by atoms with Crippen LogP contribution in [0, 0.1) is 11.8 Å². The lowest BCUT2D eigenvalue weighted by Crippen LogP contribution is -2.22. The van der Waals surface area contributed by atoms with E-state index in [0.717, 1.165) is 28.3 Å². The van der Waals surface area contributed by atoms with E-state index in [1.807, 2.05) is 30.0 Å². The first-order chi connectivity index (χ1) is 9.11. The van der Waals surface area contributed by atoms with Gasteiger partial charge in [0.2, 0.25) is 0 Å². The Hall–Kier alpha value is -0.740. The van der Waals surface area contributed by atoms with Gasteiger partial charge in [-0.15, -0.1) is 11.3 Å². The van der Waals surface area contributed by atoms with Crippen molar-refractivity contribution in [2.45, 2.75) is 42.7 Å². The first kappa shape index (κ1) is 13.3. The first-order valence-electron chi connectivity index (χ1n) is 6.94. The van der Waals surface area contributed by atoms with Crippen LogP contribution in [0.4, 0.5) is 5.69 Å². The molecule has 3 unspecified atom stereocenters. The Morgan fingerprint density at radius 2 is 2.11 bits per heavy atom. The minimum absolute atomic E-state index is 0.740. The summed E-state index contributed by atoms with van der Waals surface area (Å²) in [5, 5.41) is 0.740. The SMILES string of the molecule is CC1CCC(Sc2nc3ccc(N)cc3s2)CC1C. The summed E-state index contributed by atoms with van der Waals surface area (Å²) in [5.41, 5.74) is 7.73. The Labute approximate surface area is 122 Å². The van der Waals surface area contributed by atoms with Gasteiger partial charge in [0.05, 0.1) is 10.2 Å². The molecule has 1 heterocycles. The monoisotopic (exact) mass is 292 g/mol. The first-order valence-corrected chi connectivity index (χ1v) is 8.64. The van der Waals surface area contributed by atoms with Crippen molar-refractivity contribution in [3.8, 4) is 0 Å². The third-order valence-electron chi connectivity index (χ3n) is 4.21. The molecule has 0 radical (unpaired) electrons. The van der Waals surface area contributed by atoms with E-state index in [4.69, 9.17) is 10.7 Å². The van der Waals surface area contributed by atoms with Crippen molar-refractivity contribution in [1.82, 2.24) is 4.98 Å². The Morgan fingerprint density at radius 1 is 1.26 bits per heavy atom. The Balaban J connectivity index is 1.74. The third-order valence-corrected chi connectivity index (χ3v) is 6.62. The summed E-state index contributed by atoms with van der Waals surface area (Å²) in [4.78, 5) is 4.72. The highest BCUT2D eigenvalue weighted by Gasteiger charge is 2.25. The lowest BCUT2D eigenvalue weighted by atomic mass is 9.81. The summed E-state index contributed by atoms with van der Waals surface area (Å²) in [6.07, 6.45) is 4.01. The summed E-state index contributed by atoms with van der Waals surface area (Å²) in [6.45, 7) is 4.77. The molecular formula is C15H20N2S2. The predicted molar refractivity (Wildman–Crippen MR) is 85.9 cm³/mol. The van der Waals surface area contributed by atoms with Crippen LogP contribution in [0.3, 0.4) is 0 Å². The second kappa shape index (κ2) is 5.33. The van der Waals surface area contributed by atoms with Gasteiger partial charge in [-0.2, -0.15) is 0 Å². The highest BCUT2D eigenvalue weighted by Crippen LogP contribution is 2.41. The van der Waals surface area contributed by atoms with Crippen molar-refractivity contribution in [1.29, 1.82) is 0 Å². The molecule has 1 aliphatic rings. The number of thiazole rings is 1. The highest BCUT2D eigenvalue weighted by atomic mass is 32.2. The fourth-order valence-electron chi connectivity index (χ4n) is 2.72. The van der Waals surface area contributed by atoms with Crippen molar-refractivity contribution < 1.29 is 0 Å². The normalized spacial score (nSPS) is 27.8. The van der Waals surface area contributed by atoms with Crippen LogP contribution in [0.5, 0.6) is 0 Å². The number of benzene rings is 1. The molecule has 2 aromatic rings. The Morgan fingerprint density at radius 3 is 2.89 bits per heavy atom. The number of nitrogens with zero attached hydrogens (tertiary/aromatic N) is 1. The molecule has 1 fully saturated rings. The standard InChI is InChI=1S/C15H20N2S2/c1-9-3-5-12(7-10(9)2)18-15-17-13-6-4-11(16)8-14(13)19-15/h4,6,8-10,12H,3,5,7,16H2,1-2H3. The molecule has 0 spiro atoms. The van der Waals surface area contributed by atoms with Gasteiger partial charge in [0.1, 0.15) is 0 Å². The highest BCUT2D eigenvalue weighted by molar-refractivity contribution is 8.01. The van der Waals surface area contributed by atoms with Gasteiger partial charge in [-0.05, 0) is 49.3 Å². The van der Waals surface area contributed by atoms with Crippen LogP contribution >= 0.6 is 23.1 Å². The molecule has 3 rings (SSSR count). The summed E-state index contributed by atoms with van der Waals surface area (Å²) in [5.74, 6) is 1.73. The smallest absolute Gasteiger partial charge is 0.151 e. The number of aromatic nitrogens is 1. The molecule has 1 aromatic carbocycles. The van der Waals surface area contributed by atoms with Gasteiger partial charge in [0, 0.05) is 10.9 Å². The van der Waals surface area contributed by atoms with Crippen LogP contribution in [0.25, 0.3) is 10.2 Å². The van der Waals surface area contributed by atoms with E-state index in [2.05, 4.69) is 13.8 Å². The third kappa shape index (κ3) is 2.90. The largest absolute Gasteiger partial charge is 0.399 e. The van der Waals surface area contributed by atoms with Gasteiger partial charge >= 0.3 is 0 Å². The molecule has 4 heteroatoms. The molecule has 0 amide bonds. The van der Waals surface area contributed by atoms with Crippen LogP contribution in [0.1, 0.15) is 33.1 Å². The number of hydrogen-bond donors (Lipinski definition) is 1. The van der Waals surface area contributed by atoms with E-state index in [1.54, 1.807) is 11.3 Å². The van der Waals surface area contributed by atoms with Gasteiger partial charge < -0.3 is 5.73 Å². The number of fused-ring (bicyclic) bond motifs is 1. The fraction of sp³-hybridized carbons (Fsp3) is 0.533. The van der Waals surface area contributed by atoms with Crippen LogP contribution < -0.4 is 5.73 Å². The average molecular weight is 292 g/mol. The van der Waals surface area contributed by atoms with E-state index in [1.165, 1.54) is 28.3 Å². The molecule has 19 heavy (non-hydrogen) atoms. The zero-order chi connectivity index (χ0) is 13.4. The number of anilines is 1. The van der Waals surface area contributed by atoms with Crippen LogP contribution in [0.2, 0.25) is 0 Å². The van der Waals surface area contributed by atoms with Crippen molar-refractivity contribution in [3.63, 3.8) is 0 Å². The van der Waals surface area contributed by atoms with Crippen molar-refractivity contribution in [3.05, 3.63) is 18.2 Å². The van der Waals surface area contributed by atoms with E-state index in [0.29, 0.717) is 0 Å². The van der Waals surface area contributed by atoms with E-state index in [9.17, 15) is 0 Å². The number of nitrogen functional groups attached to an aromatic ring is 1. The van der Waals surface area contributed by atoms with Crippen LogP contribution in [-0.2, 0) is 0 Å². The van der Waals surface area contributed by atoms with Crippen LogP contribution in [-0.4, -0.2) is 10.2 Å². The van der Waals surface area contributed by atoms with Crippen molar-refractivity contribution in [2.75, 3.05) is 5.73 Å². The maximum Gasteiger partial charge on any atom is 0.151 e. The predicted octanol–water partition coefficient (Wildman–Crippen LogP) is 4.80. The average Bonchev–Trinajstić information content (AvgIpc) is 2.75. The molecule has 1 saturated carbocycles. The van der Waals surface area contributed by atoms with E-state index >= 15 is 0 Å². The minimum atomic E-state index is 0.740. The maximum atomic E-state index is 5.82. The van der Waals surface area contributed by atoms with Gasteiger partial charge in [0.15, 0.2) is 4.34 Å². The number of thioether (sulfide) groups is 1. The summed E-state index contributed by atoms with van der Waals surface area (Å²) in [7, 11) is 0. The molecule has 0 aliphatic heterocycles. The Kier molecular flexibility index (Phi) is 3.72. The van der Waals surface area contributed by atoms with Gasteiger partial charge in [0.25, 0.3) is 0 Å². The molecule has 2 N–H and O–H groups in total. The summed E-state index contributed by atoms with van der Waals surface area (Å²) in [6, 6.07) is 5.99. The molecule has 102 valence electrons. The zero-order valence-corrected chi connectivity index (χ0v) is 13.1. The lowest BCUT2D eigenvalue weighted by molar-refractivity contribution is 0.283. The Bertz CT molecular complexity index is 579. The molecular weight excluding hydrogens is 272 g/mol. The van der Waals surface area contributed by atoms with Gasteiger partial charge in [-0.1, -0.05) is 25.6 Å². The fourth-order valence-corrected chi connectivity index (χ4v) is 5.42. The second-order valence-electron chi connectivity index (χ2n) is 5.71. The number of nitrogens with two attached hydrogens (primary N) is 1. The second-order valence-corrected chi connectivity index (χ2v) is 8.29. The molecule has 0 saturated heterocycles. The van der Waals surface area contributed by atoms with Crippen molar-refractivity contribution in [2.24, 2.45) is 11.8 Å². The topological polar surface area (TPSA) is 38.9 Å². The number of hydrogen-bond acceptors (Lipinski definition) is 4. The van der Waals surface area contributed by atoms with Gasteiger partial charge in [-0.3, -0.25) is 0 Å².